The van der Waals surface area contributed by atoms with Gasteiger partial charge in [-0.2, -0.15) is 0 Å². The first-order valence-electron chi connectivity index (χ1n) is 10.6. The van der Waals surface area contributed by atoms with E-state index in [1.54, 1.807) is 9.80 Å². The van der Waals surface area contributed by atoms with E-state index in [4.69, 9.17) is 20.9 Å². The molecular weight excluding hydrogens is 428 g/mol. The number of rotatable bonds is 5. The molecule has 0 spiro atoms. The van der Waals surface area contributed by atoms with Gasteiger partial charge in [0, 0.05) is 24.8 Å². The molecule has 0 radical (unpaired) electrons. The van der Waals surface area contributed by atoms with Crippen molar-refractivity contribution >= 4 is 23.6 Å². The van der Waals surface area contributed by atoms with Crippen molar-refractivity contribution in [2.45, 2.75) is 31.2 Å². The molecule has 1 aromatic carbocycles. The maximum Gasteiger partial charge on any atom is 0.404 e. The summed E-state index contributed by atoms with van der Waals surface area (Å²) in [7, 11) is 1.46. The molecule has 4 atom stereocenters. The van der Waals surface area contributed by atoms with Crippen LogP contribution in [-0.4, -0.2) is 71.4 Å². The average molecular weight is 452 g/mol. The summed E-state index contributed by atoms with van der Waals surface area (Å²) in [6.07, 6.45) is -0.798. The van der Waals surface area contributed by atoms with E-state index in [1.807, 2.05) is 30.3 Å². The molecule has 33 heavy (non-hydrogen) atoms. The van der Waals surface area contributed by atoms with Crippen molar-refractivity contribution in [2.75, 3.05) is 20.3 Å². The third-order valence-corrected chi connectivity index (χ3v) is 7.17. The van der Waals surface area contributed by atoms with Crippen LogP contribution in [-0.2, 0) is 30.3 Å². The van der Waals surface area contributed by atoms with Crippen molar-refractivity contribution in [2.24, 2.45) is 17.4 Å². The Balaban J connectivity index is 1.51. The fraction of sp³-hybridized carbons (Fsp3) is 0.391. The zero-order chi connectivity index (χ0) is 23.7. The second-order valence-electron chi connectivity index (χ2n) is 8.68. The van der Waals surface area contributed by atoms with Crippen molar-refractivity contribution in [1.82, 2.24) is 9.80 Å². The predicted molar refractivity (Wildman–Crippen MR) is 114 cm³/mol. The van der Waals surface area contributed by atoms with Gasteiger partial charge in [0.05, 0.1) is 29.8 Å². The molecule has 172 valence electrons. The lowest BCUT2D eigenvalue weighted by molar-refractivity contribution is -0.153. The SMILES string of the molecule is CO[C@@]12[C@H](COC(N)=O)C3=C(C(=O)C(C)=C(N)C3=O)N1C[C@H]1[C@@H]2N1C(=O)Cc1ccccc1. The molecule has 5 rings (SSSR count). The van der Waals surface area contributed by atoms with E-state index < -0.39 is 29.6 Å². The molecule has 3 heterocycles. The van der Waals surface area contributed by atoms with E-state index in [-0.39, 0.29) is 53.3 Å². The summed E-state index contributed by atoms with van der Waals surface area (Å²) < 4.78 is 11.1. The molecule has 4 N–H and O–H groups in total. The van der Waals surface area contributed by atoms with Crippen LogP contribution in [0.15, 0.2) is 52.9 Å². The quantitative estimate of drug-likeness (QED) is 0.463. The molecule has 0 bridgehead atoms. The highest BCUT2D eigenvalue weighted by Gasteiger charge is 2.77. The summed E-state index contributed by atoms with van der Waals surface area (Å²) in [5.74, 6) is -1.78. The molecule has 10 heteroatoms. The molecule has 2 saturated heterocycles. The third-order valence-electron chi connectivity index (χ3n) is 7.17. The number of nitrogens with zero attached hydrogens (tertiary/aromatic N) is 2. The maximum absolute atomic E-state index is 13.2. The monoisotopic (exact) mass is 452 g/mol. The van der Waals surface area contributed by atoms with Gasteiger partial charge in [-0.3, -0.25) is 14.4 Å². The molecule has 0 unspecified atom stereocenters. The Bertz CT molecular complexity index is 1160. The summed E-state index contributed by atoms with van der Waals surface area (Å²) in [4.78, 5) is 54.3. The first-order valence-corrected chi connectivity index (χ1v) is 10.6. The van der Waals surface area contributed by atoms with Crippen molar-refractivity contribution in [3.8, 4) is 0 Å². The minimum atomic E-state index is -1.24. The van der Waals surface area contributed by atoms with E-state index in [0.29, 0.717) is 6.54 Å². The average Bonchev–Trinajstić information content (AvgIpc) is 3.31. The van der Waals surface area contributed by atoms with Gasteiger partial charge < -0.3 is 30.7 Å². The van der Waals surface area contributed by atoms with Gasteiger partial charge in [-0.05, 0) is 12.5 Å². The van der Waals surface area contributed by atoms with E-state index in [9.17, 15) is 19.2 Å². The number of hydrogen-bond acceptors (Lipinski definition) is 8. The number of allylic oxidation sites excluding steroid dienone is 2. The standard InChI is InChI=1S/C23H24N4O6/c1-11-17(24)20(30)16-13(10-33-22(25)31)23(32-2)21-14(9-26(23)18(16)19(11)29)27(21)15(28)8-12-6-4-3-5-7-12/h3-7,13-14,21H,8-10,24H2,1-2H3,(H2,25,31)/t13-,14+,21+,23-,27?/m1/s1. The van der Waals surface area contributed by atoms with Gasteiger partial charge in [0.25, 0.3) is 0 Å². The van der Waals surface area contributed by atoms with E-state index >= 15 is 0 Å². The number of hydrogen-bond donors (Lipinski definition) is 2. The summed E-state index contributed by atoms with van der Waals surface area (Å²) in [6.45, 7) is 1.54. The van der Waals surface area contributed by atoms with Crippen LogP contribution in [0.2, 0.25) is 0 Å². The Hall–Kier alpha value is -3.66. The molecule has 0 aromatic heterocycles. The van der Waals surface area contributed by atoms with Gasteiger partial charge in [-0.1, -0.05) is 30.3 Å². The summed E-state index contributed by atoms with van der Waals surface area (Å²) >= 11 is 0. The fourth-order valence-electron chi connectivity index (χ4n) is 5.68. The number of amides is 2. The summed E-state index contributed by atoms with van der Waals surface area (Å²) in [5, 5.41) is 0. The van der Waals surface area contributed by atoms with Crippen molar-refractivity contribution in [3.05, 3.63) is 58.4 Å². The van der Waals surface area contributed by atoms with Crippen molar-refractivity contribution in [1.29, 1.82) is 0 Å². The number of Topliss-reactive ketones (excluding diaryl/α,β-unsaturated/α-hetero) is 2. The van der Waals surface area contributed by atoms with Gasteiger partial charge in [0.2, 0.25) is 17.5 Å². The third kappa shape index (κ3) is 2.76. The van der Waals surface area contributed by atoms with Crippen LogP contribution in [0.3, 0.4) is 0 Å². The molecule has 3 aliphatic heterocycles. The number of carbonyl (C=O) groups excluding carboxylic acids is 4. The molecule has 4 aliphatic rings. The molecule has 1 aromatic rings. The van der Waals surface area contributed by atoms with Crippen LogP contribution >= 0.6 is 0 Å². The number of nitrogens with two attached hydrogens (primary N) is 2. The van der Waals surface area contributed by atoms with E-state index in [2.05, 4.69) is 0 Å². The first kappa shape index (κ1) is 21.2. The maximum atomic E-state index is 13.2. The Morgan fingerprint density at radius 3 is 2.52 bits per heavy atom. The number of piperazine rings is 1. The lowest BCUT2D eigenvalue weighted by Crippen LogP contribution is -2.56. The van der Waals surface area contributed by atoms with E-state index in [1.165, 1.54) is 14.0 Å². The Kier molecular flexibility index (Phi) is 4.61. The van der Waals surface area contributed by atoms with Crippen molar-refractivity contribution in [3.63, 3.8) is 0 Å². The Labute approximate surface area is 189 Å². The minimum absolute atomic E-state index is 0.0850. The number of fused-ring (bicyclic) bond motifs is 4. The molecule has 10 nitrogen and oxygen atoms in total. The number of primary amides is 1. The number of ether oxygens (including phenoxy) is 2. The molecular formula is C23H24N4O6. The van der Waals surface area contributed by atoms with Gasteiger partial charge in [-0.15, -0.1) is 0 Å². The number of benzene rings is 1. The highest BCUT2D eigenvalue weighted by molar-refractivity contribution is 6.25. The van der Waals surface area contributed by atoms with E-state index in [0.717, 1.165) is 5.56 Å². The van der Waals surface area contributed by atoms with Crippen LogP contribution < -0.4 is 11.5 Å². The van der Waals surface area contributed by atoms with Gasteiger partial charge in [-0.25, -0.2) is 4.79 Å². The van der Waals surface area contributed by atoms with Crippen LogP contribution in [0.5, 0.6) is 0 Å². The Morgan fingerprint density at radius 1 is 1.18 bits per heavy atom. The van der Waals surface area contributed by atoms with Crippen LogP contribution in [0.1, 0.15) is 12.5 Å². The summed E-state index contributed by atoms with van der Waals surface area (Å²) in [5.41, 5.74) is 11.2. The largest absolute Gasteiger partial charge is 0.449 e. The number of ketones is 2. The zero-order valence-corrected chi connectivity index (χ0v) is 18.2. The van der Waals surface area contributed by atoms with Gasteiger partial charge in [0.1, 0.15) is 12.6 Å². The molecule has 1 aliphatic carbocycles. The van der Waals surface area contributed by atoms with Gasteiger partial charge >= 0.3 is 6.09 Å². The first-order chi connectivity index (χ1) is 15.7. The zero-order valence-electron chi connectivity index (χ0n) is 18.2. The smallest absolute Gasteiger partial charge is 0.404 e. The highest BCUT2D eigenvalue weighted by Crippen LogP contribution is 2.59. The summed E-state index contributed by atoms with van der Waals surface area (Å²) in [6, 6.07) is 8.75. The lowest BCUT2D eigenvalue weighted by atomic mass is 9.82. The fourth-order valence-corrected chi connectivity index (χ4v) is 5.68. The predicted octanol–water partition coefficient (Wildman–Crippen LogP) is -0.169. The van der Waals surface area contributed by atoms with Crippen LogP contribution in [0.4, 0.5) is 4.79 Å². The second-order valence-corrected chi connectivity index (χ2v) is 8.68. The molecule has 0 saturated carbocycles. The van der Waals surface area contributed by atoms with Crippen LogP contribution in [0.25, 0.3) is 0 Å². The normalized spacial score (nSPS) is 29.8. The topological polar surface area (TPSA) is 145 Å². The number of methoxy groups -OCH3 is 1. The Morgan fingerprint density at radius 2 is 1.88 bits per heavy atom. The van der Waals surface area contributed by atoms with Gasteiger partial charge in [0.15, 0.2) is 5.72 Å². The van der Waals surface area contributed by atoms with Crippen LogP contribution in [0, 0.1) is 5.92 Å². The minimum Gasteiger partial charge on any atom is -0.449 e. The lowest BCUT2D eigenvalue weighted by Gasteiger charge is -2.41. The highest BCUT2D eigenvalue weighted by atomic mass is 16.6. The molecule has 2 fully saturated rings. The number of carbonyl (C=O) groups is 4. The van der Waals surface area contributed by atoms with Crippen molar-refractivity contribution < 1.29 is 28.7 Å². The molecule has 2 amide bonds. The second kappa shape index (κ2) is 7.17.